The predicted molar refractivity (Wildman–Crippen MR) is 42.9 cm³/mol. The van der Waals surface area contributed by atoms with Crippen LogP contribution in [0.15, 0.2) is 22.6 Å². The summed E-state index contributed by atoms with van der Waals surface area (Å²) in [6.07, 6.45) is 0. The van der Waals surface area contributed by atoms with E-state index < -0.39 is 0 Å². The Kier molecular flexibility index (Phi) is 1.12. The summed E-state index contributed by atoms with van der Waals surface area (Å²) < 4.78 is 5.08. The van der Waals surface area contributed by atoms with Gasteiger partial charge in [0.1, 0.15) is 5.52 Å². The molecule has 1 aromatic heterocycles. The van der Waals surface area contributed by atoms with Crippen LogP contribution in [0.5, 0.6) is 0 Å². The van der Waals surface area contributed by atoms with Gasteiger partial charge in [-0.2, -0.15) is 4.98 Å². The zero-order chi connectivity index (χ0) is 7.84. The van der Waals surface area contributed by atoms with E-state index in [9.17, 15) is 0 Å². The van der Waals surface area contributed by atoms with Crippen molar-refractivity contribution in [2.24, 2.45) is 0 Å². The number of aromatic nitrogens is 1. The molecular formula is C8H7N2O. The Morgan fingerprint density at radius 3 is 3.00 bits per heavy atom. The SMILES string of the molecule is [CH2]c1cccc2oc(N)nc12. The molecule has 3 heteroatoms. The van der Waals surface area contributed by atoms with Crippen molar-refractivity contribution in [3.05, 3.63) is 30.7 Å². The number of fused-ring (bicyclic) bond motifs is 1. The van der Waals surface area contributed by atoms with Crippen LogP contribution in [0.4, 0.5) is 6.01 Å². The zero-order valence-corrected chi connectivity index (χ0v) is 5.87. The van der Waals surface area contributed by atoms with Crippen LogP contribution >= 0.6 is 0 Å². The second-order valence-electron chi connectivity index (χ2n) is 2.32. The number of rotatable bonds is 0. The molecule has 3 nitrogen and oxygen atoms in total. The zero-order valence-electron chi connectivity index (χ0n) is 5.87. The summed E-state index contributed by atoms with van der Waals surface area (Å²) in [6, 6.07) is 5.73. The topological polar surface area (TPSA) is 52.0 Å². The maximum Gasteiger partial charge on any atom is 0.292 e. The van der Waals surface area contributed by atoms with Gasteiger partial charge in [-0.3, -0.25) is 0 Å². The van der Waals surface area contributed by atoms with Gasteiger partial charge in [0.2, 0.25) is 0 Å². The molecule has 0 saturated carbocycles. The molecule has 1 radical (unpaired) electrons. The first-order valence-corrected chi connectivity index (χ1v) is 3.24. The van der Waals surface area contributed by atoms with E-state index in [0.29, 0.717) is 5.58 Å². The fourth-order valence-electron chi connectivity index (χ4n) is 1.02. The Morgan fingerprint density at radius 2 is 2.27 bits per heavy atom. The van der Waals surface area contributed by atoms with E-state index in [0.717, 1.165) is 11.1 Å². The van der Waals surface area contributed by atoms with E-state index in [1.54, 1.807) is 0 Å². The molecule has 0 amide bonds. The van der Waals surface area contributed by atoms with Gasteiger partial charge in [0.15, 0.2) is 5.58 Å². The molecule has 0 saturated heterocycles. The number of para-hydroxylation sites is 1. The lowest BCUT2D eigenvalue weighted by Crippen LogP contribution is -1.81. The normalized spacial score (nSPS) is 10.6. The highest BCUT2D eigenvalue weighted by atomic mass is 16.4. The van der Waals surface area contributed by atoms with Gasteiger partial charge in [-0.05, 0) is 18.6 Å². The van der Waals surface area contributed by atoms with Gasteiger partial charge >= 0.3 is 0 Å². The molecule has 0 aliphatic heterocycles. The standard InChI is InChI=1S/C8H7N2O/c1-5-3-2-4-6-7(5)10-8(9)11-6/h2-4H,1H2,(H2,9,10). The molecule has 0 atom stereocenters. The van der Waals surface area contributed by atoms with Gasteiger partial charge in [0, 0.05) is 0 Å². The summed E-state index contributed by atoms with van der Waals surface area (Å²) in [4.78, 5) is 3.96. The van der Waals surface area contributed by atoms with Crippen LogP contribution < -0.4 is 5.73 Å². The summed E-state index contributed by atoms with van der Waals surface area (Å²) in [7, 11) is 0. The average molecular weight is 147 g/mol. The lowest BCUT2D eigenvalue weighted by Gasteiger charge is -1.88. The molecule has 0 bridgehead atoms. The molecule has 2 N–H and O–H groups in total. The Bertz CT molecular complexity index is 392. The Labute approximate surface area is 63.8 Å². The molecular weight excluding hydrogens is 140 g/mol. The lowest BCUT2D eigenvalue weighted by molar-refractivity contribution is 0.626. The molecule has 0 fully saturated rings. The van der Waals surface area contributed by atoms with Gasteiger partial charge in [-0.15, -0.1) is 0 Å². The molecule has 1 heterocycles. The Balaban J connectivity index is 2.90. The minimum Gasteiger partial charge on any atom is -0.424 e. The highest BCUT2D eigenvalue weighted by Gasteiger charge is 2.02. The van der Waals surface area contributed by atoms with Crippen LogP contribution in [-0.4, -0.2) is 4.98 Å². The second-order valence-corrected chi connectivity index (χ2v) is 2.32. The third-order valence-corrected chi connectivity index (χ3v) is 1.52. The summed E-state index contributed by atoms with van der Waals surface area (Å²) >= 11 is 0. The van der Waals surface area contributed by atoms with E-state index in [2.05, 4.69) is 11.9 Å². The molecule has 55 valence electrons. The second kappa shape index (κ2) is 1.99. The first-order valence-electron chi connectivity index (χ1n) is 3.24. The number of hydrogen-bond acceptors (Lipinski definition) is 3. The first kappa shape index (κ1) is 6.22. The first-order chi connectivity index (χ1) is 5.27. The maximum atomic E-state index is 5.35. The third-order valence-electron chi connectivity index (χ3n) is 1.52. The minimum absolute atomic E-state index is 0.191. The fourth-order valence-corrected chi connectivity index (χ4v) is 1.02. The molecule has 0 unspecified atom stereocenters. The van der Waals surface area contributed by atoms with Crippen molar-refractivity contribution < 1.29 is 4.42 Å². The van der Waals surface area contributed by atoms with E-state index >= 15 is 0 Å². The summed E-state index contributed by atoms with van der Waals surface area (Å²) in [6.45, 7) is 3.78. The fraction of sp³-hybridized carbons (Fsp3) is 0. The van der Waals surface area contributed by atoms with E-state index in [4.69, 9.17) is 10.2 Å². The monoisotopic (exact) mass is 147 g/mol. The lowest BCUT2D eigenvalue weighted by atomic mass is 10.2. The molecule has 2 rings (SSSR count). The quantitative estimate of drug-likeness (QED) is 0.615. The van der Waals surface area contributed by atoms with Crippen molar-refractivity contribution in [1.82, 2.24) is 4.98 Å². The van der Waals surface area contributed by atoms with Crippen LogP contribution in [0.25, 0.3) is 11.1 Å². The molecule has 11 heavy (non-hydrogen) atoms. The van der Waals surface area contributed by atoms with Crippen molar-refractivity contribution in [3.63, 3.8) is 0 Å². The highest BCUT2D eigenvalue weighted by Crippen LogP contribution is 2.19. The minimum atomic E-state index is 0.191. The van der Waals surface area contributed by atoms with E-state index in [-0.39, 0.29) is 6.01 Å². The Hall–Kier alpha value is -1.51. The van der Waals surface area contributed by atoms with Crippen molar-refractivity contribution in [1.29, 1.82) is 0 Å². The van der Waals surface area contributed by atoms with Crippen LogP contribution in [0, 0.1) is 6.92 Å². The van der Waals surface area contributed by atoms with Gasteiger partial charge < -0.3 is 10.2 Å². The molecule has 1 aromatic carbocycles. The summed E-state index contributed by atoms with van der Waals surface area (Å²) in [5.41, 5.74) is 7.62. The van der Waals surface area contributed by atoms with Gasteiger partial charge in [-0.25, -0.2) is 0 Å². The number of oxazole rings is 1. The van der Waals surface area contributed by atoms with Crippen molar-refractivity contribution in [3.8, 4) is 0 Å². The van der Waals surface area contributed by atoms with Crippen molar-refractivity contribution in [2.45, 2.75) is 0 Å². The molecule has 2 aromatic rings. The van der Waals surface area contributed by atoms with Crippen LogP contribution in [0.3, 0.4) is 0 Å². The van der Waals surface area contributed by atoms with Crippen LogP contribution in [-0.2, 0) is 0 Å². The van der Waals surface area contributed by atoms with Crippen molar-refractivity contribution in [2.75, 3.05) is 5.73 Å². The van der Waals surface area contributed by atoms with Gasteiger partial charge in [0.05, 0.1) is 0 Å². The smallest absolute Gasteiger partial charge is 0.292 e. The number of nitrogen functional groups attached to an aromatic ring is 1. The predicted octanol–water partition coefficient (Wildman–Crippen LogP) is 1.59. The highest BCUT2D eigenvalue weighted by molar-refractivity contribution is 5.78. The number of benzene rings is 1. The number of hydrogen-bond donors (Lipinski definition) is 1. The van der Waals surface area contributed by atoms with E-state index in [1.807, 2.05) is 18.2 Å². The largest absolute Gasteiger partial charge is 0.424 e. The summed E-state index contributed by atoms with van der Waals surface area (Å²) in [5, 5.41) is 0. The number of nitrogens with two attached hydrogens (primary N) is 1. The number of anilines is 1. The molecule has 0 aliphatic rings. The average Bonchev–Trinajstić information content (AvgIpc) is 2.31. The maximum absolute atomic E-state index is 5.35. The van der Waals surface area contributed by atoms with Crippen LogP contribution in [0.1, 0.15) is 5.56 Å². The number of nitrogens with zero attached hydrogens (tertiary/aromatic N) is 1. The van der Waals surface area contributed by atoms with Crippen molar-refractivity contribution >= 4 is 17.1 Å². The van der Waals surface area contributed by atoms with E-state index in [1.165, 1.54) is 0 Å². The summed E-state index contributed by atoms with van der Waals surface area (Å²) in [5.74, 6) is 0. The Morgan fingerprint density at radius 1 is 1.45 bits per heavy atom. The molecule has 0 spiro atoms. The molecule has 0 aliphatic carbocycles. The van der Waals surface area contributed by atoms with Crippen LogP contribution in [0.2, 0.25) is 0 Å². The van der Waals surface area contributed by atoms with Gasteiger partial charge in [0.25, 0.3) is 6.01 Å². The third kappa shape index (κ3) is 0.852. The van der Waals surface area contributed by atoms with Gasteiger partial charge in [-0.1, -0.05) is 12.1 Å².